The molecule has 0 saturated carbocycles. The second-order valence-corrected chi connectivity index (χ2v) is 4.94. The van der Waals surface area contributed by atoms with Gasteiger partial charge in [0.05, 0.1) is 5.56 Å². The van der Waals surface area contributed by atoms with Crippen LogP contribution in [0.3, 0.4) is 0 Å². The Bertz CT molecular complexity index is 341. The molecule has 0 aromatic carbocycles. The molecule has 0 aliphatic heterocycles. The number of carbonyl (C=O) groups excluding carboxylic acids is 1. The van der Waals surface area contributed by atoms with Crippen LogP contribution in [0.1, 0.15) is 68.4 Å². The highest BCUT2D eigenvalue weighted by Gasteiger charge is 2.09. The third kappa shape index (κ3) is 4.55. The number of amides is 1. The van der Waals surface area contributed by atoms with E-state index in [1.54, 1.807) is 0 Å². The van der Waals surface area contributed by atoms with Gasteiger partial charge in [0.15, 0.2) is 0 Å². The molecule has 3 nitrogen and oxygen atoms in total. The highest BCUT2D eigenvalue weighted by molar-refractivity contribution is 5.92. The number of nitrogens with zero attached hydrogens (tertiary/aromatic N) is 1. The standard InChI is InChI=1S/C15H26N2O/c1-3-5-7-9-14-11-13(15(16)18)12-17(14)10-8-6-4-2/h11-12H,3-10H2,1-2H3,(H2,16,18). The van der Waals surface area contributed by atoms with E-state index in [1.165, 1.54) is 44.2 Å². The number of aryl methyl sites for hydroxylation is 2. The maximum Gasteiger partial charge on any atom is 0.250 e. The van der Waals surface area contributed by atoms with Gasteiger partial charge in [-0.1, -0.05) is 39.5 Å². The van der Waals surface area contributed by atoms with Gasteiger partial charge in [-0.2, -0.15) is 0 Å². The van der Waals surface area contributed by atoms with Gasteiger partial charge in [0.25, 0.3) is 0 Å². The minimum atomic E-state index is -0.319. The lowest BCUT2D eigenvalue weighted by Gasteiger charge is -2.08. The lowest BCUT2D eigenvalue weighted by atomic mass is 10.1. The van der Waals surface area contributed by atoms with E-state index >= 15 is 0 Å². The molecule has 0 unspecified atom stereocenters. The van der Waals surface area contributed by atoms with Crippen LogP contribution in [0, 0.1) is 0 Å². The van der Waals surface area contributed by atoms with Crippen molar-refractivity contribution in [3.63, 3.8) is 0 Å². The van der Waals surface area contributed by atoms with Gasteiger partial charge in [0.2, 0.25) is 5.91 Å². The molecule has 1 aromatic heterocycles. The first-order chi connectivity index (χ1) is 8.69. The van der Waals surface area contributed by atoms with Gasteiger partial charge in [-0.25, -0.2) is 0 Å². The molecule has 18 heavy (non-hydrogen) atoms. The number of rotatable bonds is 9. The first kappa shape index (κ1) is 14.8. The van der Waals surface area contributed by atoms with E-state index in [1.807, 2.05) is 12.3 Å². The average molecular weight is 250 g/mol. The SMILES string of the molecule is CCCCCc1cc(C(N)=O)cn1CCCCC. The fourth-order valence-electron chi connectivity index (χ4n) is 2.20. The molecular weight excluding hydrogens is 224 g/mol. The molecule has 0 saturated heterocycles. The molecule has 1 heterocycles. The summed E-state index contributed by atoms with van der Waals surface area (Å²) in [6.45, 7) is 5.41. The van der Waals surface area contributed by atoms with Crippen molar-refractivity contribution in [2.45, 2.75) is 65.3 Å². The van der Waals surface area contributed by atoms with E-state index in [0.29, 0.717) is 5.56 Å². The maximum absolute atomic E-state index is 11.2. The molecule has 2 N–H and O–H groups in total. The normalized spacial score (nSPS) is 10.8. The number of nitrogens with two attached hydrogens (primary N) is 1. The van der Waals surface area contributed by atoms with Crippen LogP contribution in [-0.4, -0.2) is 10.5 Å². The summed E-state index contributed by atoms with van der Waals surface area (Å²) in [6, 6.07) is 1.96. The van der Waals surface area contributed by atoms with Gasteiger partial charge >= 0.3 is 0 Å². The summed E-state index contributed by atoms with van der Waals surface area (Å²) in [5.74, 6) is -0.319. The smallest absolute Gasteiger partial charge is 0.250 e. The summed E-state index contributed by atoms with van der Waals surface area (Å²) >= 11 is 0. The van der Waals surface area contributed by atoms with E-state index in [9.17, 15) is 4.79 Å². The second kappa shape index (κ2) is 7.96. The van der Waals surface area contributed by atoms with Crippen LogP contribution < -0.4 is 5.73 Å². The third-order valence-corrected chi connectivity index (χ3v) is 3.31. The molecule has 0 bridgehead atoms. The fraction of sp³-hybridized carbons (Fsp3) is 0.667. The Kier molecular flexibility index (Phi) is 6.55. The first-order valence-corrected chi connectivity index (χ1v) is 7.17. The molecule has 0 fully saturated rings. The molecule has 0 aliphatic carbocycles. The number of carbonyl (C=O) groups is 1. The summed E-state index contributed by atoms with van der Waals surface area (Å²) in [6.07, 6.45) is 10.2. The average Bonchev–Trinajstić information content (AvgIpc) is 2.74. The molecule has 0 spiro atoms. The Morgan fingerprint density at radius 2 is 1.83 bits per heavy atom. The molecule has 102 valence electrons. The monoisotopic (exact) mass is 250 g/mol. The number of hydrogen-bond acceptors (Lipinski definition) is 1. The number of unbranched alkanes of at least 4 members (excludes halogenated alkanes) is 4. The Hall–Kier alpha value is -1.25. The Morgan fingerprint density at radius 3 is 2.44 bits per heavy atom. The largest absolute Gasteiger partial charge is 0.366 e. The predicted octanol–water partition coefficient (Wildman–Crippen LogP) is 3.51. The quantitative estimate of drug-likeness (QED) is 0.670. The number of primary amides is 1. The minimum absolute atomic E-state index is 0.319. The van der Waals surface area contributed by atoms with E-state index in [0.717, 1.165) is 13.0 Å². The zero-order chi connectivity index (χ0) is 13.4. The summed E-state index contributed by atoms with van der Waals surface area (Å²) in [5, 5.41) is 0. The lowest BCUT2D eigenvalue weighted by molar-refractivity contribution is 0.1000. The maximum atomic E-state index is 11.2. The first-order valence-electron chi connectivity index (χ1n) is 7.17. The van der Waals surface area contributed by atoms with Crippen LogP contribution in [0.4, 0.5) is 0 Å². The molecule has 1 rings (SSSR count). The van der Waals surface area contributed by atoms with E-state index in [4.69, 9.17) is 5.73 Å². The van der Waals surface area contributed by atoms with Crippen LogP contribution in [0.15, 0.2) is 12.3 Å². The molecule has 1 aromatic rings. The van der Waals surface area contributed by atoms with Gasteiger partial charge in [0, 0.05) is 18.4 Å². The van der Waals surface area contributed by atoms with Gasteiger partial charge in [0.1, 0.15) is 0 Å². The number of aromatic nitrogens is 1. The van der Waals surface area contributed by atoms with Crippen molar-refractivity contribution in [3.8, 4) is 0 Å². The van der Waals surface area contributed by atoms with Gasteiger partial charge < -0.3 is 10.3 Å². The lowest BCUT2D eigenvalue weighted by Crippen LogP contribution is -2.09. The van der Waals surface area contributed by atoms with E-state index in [2.05, 4.69) is 18.4 Å². The highest BCUT2D eigenvalue weighted by atomic mass is 16.1. The Labute approximate surface area is 110 Å². The van der Waals surface area contributed by atoms with Crippen LogP contribution >= 0.6 is 0 Å². The molecule has 0 aliphatic rings. The second-order valence-electron chi connectivity index (χ2n) is 4.94. The zero-order valence-corrected chi connectivity index (χ0v) is 11.7. The van der Waals surface area contributed by atoms with Crippen molar-refractivity contribution >= 4 is 5.91 Å². The topological polar surface area (TPSA) is 48.0 Å². The summed E-state index contributed by atoms with van der Waals surface area (Å²) in [5.41, 5.74) is 7.26. The zero-order valence-electron chi connectivity index (χ0n) is 11.7. The van der Waals surface area contributed by atoms with Crippen LogP contribution in [0.25, 0.3) is 0 Å². The van der Waals surface area contributed by atoms with E-state index in [-0.39, 0.29) is 5.91 Å². The van der Waals surface area contributed by atoms with E-state index < -0.39 is 0 Å². The molecule has 1 amide bonds. The van der Waals surface area contributed by atoms with Crippen molar-refractivity contribution in [1.29, 1.82) is 0 Å². The predicted molar refractivity (Wildman–Crippen MR) is 75.7 cm³/mol. The summed E-state index contributed by atoms with van der Waals surface area (Å²) in [7, 11) is 0. The van der Waals surface area contributed by atoms with Crippen molar-refractivity contribution in [1.82, 2.24) is 4.57 Å². The van der Waals surface area contributed by atoms with Gasteiger partial charge in [-0.05, 0) is 25.3 Å². The minimum Gasteiger partial charge on any atom is -0.366 e. The van der Waals surface area contributed by atoms with Gasteiger partial charge in [-0.3, -0.25) is 4.79 Å². The highest BCUT2D eigenvalue weighted by Crippen LogP contribution is 2.14. The van der Waals surface area contributed by atoms with Crippen molar-refractivity contribution in [2.24, 2.45) is 5.73 Å². The summed E-state index contributed by atoms with van der Waals surface area (Å²) < 4.78 is 2.21. The van der Waals surface area contributed by atoms with Crippen molar-refractivity contribution in [3.05, 3.63) is 23.5 Å². The number of hydrogen-bond donors (Lipinski definition) is 1. The van der Waals surface area contributed by atoms with Gasteiger partial charge in [-0.15, -0.1) is 0 Å². The molecular formula is C15H26N2O. The Balaban J connectivity index is 2.67. The van der Waals surface area contributed by atoms with Crippen LogP contribution in [0.5, 0.6) is 0 Å². The Morgan fingerprint density at radius 1 is 1.17 bits per heavy atom. The molecule has 0 atom stereocenters. The third-order valence-electron chi connectivity index (χ3n) is 3.31. The van der Waals surface area contributed by atoms with Crippen LogP contribution in [-0.2, 0) is 13.0 Å². The van der Waals surface area contributed by atoms with Crippen LogP contribution in [0.2, 0.25) is 0 Å². The molecule has 0 radical (unpaired) electrons. The molecule has 3 heteroatoms. The fourth-order valence-corrected chi connectivity index (χ4v) is 2.20. The van der Waals surface area contributed by atoms with Crippen molar-refractivity contribution < 1.29 is 4.79 Å². The van der Waals surface area contributed by atoms with Crippen molar-refractivity contribution in [2.75, 3.05) is 0 Å². The summed E-state index contributed by atoms with van der Waals surface area (Å²) in [4.78, 5) is 11.2.